The van der Waals surface area contributed by atoms with E-state index in [2.05, 4.69) is 6.92 Å². The average Bonchev–Trinajstić information content (AvgIpc) is 3.14. The summed E-state index contributed by atoms with van der Waals surface area (Å²) in [5, 5.41) is 0. The van der Waals surface area contributed by atoms with E-state index in [1.807, 2.05) is 0 Å². The van der Waals surface area contributed by atoms with Crippen molar-refractivity contribution in [3.63, 3.8) is 0 Å². The predicted octanol–water partition coefficient (Wildman–Crippen LogP) is 4.55. The van der Waals surface area contributed by atoms with Crippen molar-refractivity contribution in [1.82, 2.24) is 0 Å². The first kappa shape index (κ1) is 4.78. The Bertz CT molecular complexity index is 781. The van der Waals surface area contributed by atoms with Gasteiger partial charge in [-0.25, -0.2) is 0 Å². The van der Waals surface area contributed by atoms with E-state index in [0.717, 1.165) is 0 Å². The summed E-state index contributed by atoms with van der Waals surface area (Å²) in [7, 11) is 0. The molecule has 0 bridgehead atoms. The zero-order chi connectivity index (χ0) is 8.43. The van der Waals surface area contributed by atoms with Crippen molar-refractivity contribution in [3.8, 4) is 0 Å². The van der Waals surface area contributed by atoms with Crippen LogP contribution in [0, 0.1) is 0 Å². The third-order valence-electron chi connectivity index (χ3n) is 14.2. The standard InChI is InChI=1S/C8H11.C5H5.Ni/c1-2-5-8-6-3-4-7-8;1-2-4-5-3-1;/h3-4,6-7H,2,5H2,1H3;1-5H;. The fourth-order valence-electron chi connectivity index (χ4n) is 15.8. The van der Waals surface area contributed by atoms with Gasteiger partial charge in [0.15, 0.2) is 0 Å². The molecule has 10 aliphatic rings. The molecule has 14 heavy (non-hydrogen) atoms. The van der Waals surface area contributed by atoms with Gasteiger partial charge < -0.3 is 0 Å². The Morgan fingerprint density at radius 1 is 0.857 bits per heavy atom. The maximum atomic E-state index is 2.48. The van der Waals surface area contributed by atoms with Crippen LogP contribution in [0.15, 0.2) is 0 Å². The second-order valence-corrected chi connectivity index (χ2v) is 31.0. The van der Waals surface area contributed by atoms with E-state index in [4.69, 9.17) is 0 Å². The van der Waals surface area contributed by atoms with Crippen LogP contribution < -0.4 is 0 Å². The Labute approximate surface area is 74.6 Å². The maximum absolute atomic E-state index is 2.48. The minimum atomic E-state index is -2.35. The monoisotopic (exact) mass is 230 g/mol. The number of hydrogen-bond donors (Lipinski definition) is 0. The van der Waals surface area contributed by atoms with E-state index in [0.29, 0.717) is 0 Å². The summed E-state index contributed by atoms with van der Waals surface area (Å²) >= 11 is 0. The topological polar surface area (TPSA) is 0 Å². The molecule has 0 aromatic heterocycles. The quantitative estimate of drug-likeness (QED) is 0.611. The Morgan fingerprint density at radius 3 is 1.57 bits per heavy atom. The molecule has 0 amide bonds. The van der Waals surface area contributed by atoms with Gasteiger partial charge in [0.2, 0.25) is 0 Å². The zero-order valence-corrected chi connectivity index (χ0v) is 9.41. The summed E-state index contributed by atoms with van der Waals surface area (Å²) in [5.41, 5.74) is 0. The molecule has 0 aromatic carbocycles. The van der Waals surface area contributed by atoms with Gasteiger partial charge in [-0.3, -0.25) is 0 Å². The van der Waals surface area contributed by atoms with Gasteiger partial charge in [0.25, 0.3) is 0 Å². The van der Waals surface area contributed by atoms with Gasteiger partial charge >= 0.3 is 74.4 Å². The Morgan fingerprint density at radius 2 is 1.36 bits per heavy atom. The van der Waals surface area contributed by atoms with Crippen LogP contribution >= 0.6 is 0 Å². The molecule has 0 aromatic rings. The Hall–Kier alpha value is 0.494. The summed E-state index contributed by atoms with van der Waals surface area (Å²) in [6.45, 7) is 2.48. The second kappa shape index (κ2) is 0.325. The minimum absolute atomic E-state index is 1.23. The molecule has 78 valence electrons. The van der Waals surface area contributed by atoms with Gasteiger partial charge in [0, 0.05) is 0 Å². The molecule has 4 unspecified atom stereocenters. The second-order valence-electron chi connectivity index (χ2n) is 9.79. The Balaban J connectivity index is 1.85. The molecule has 10 rings (SSSR count). The van der Waals surface area contributed by atoms with E-state index in [1.165, 1.54) is 4.38 Å². The molecular formula is C13H16Ni. The number of rotatable bonds is 2. The molecule has 0 nitrogen and oxygen atoms in total. The van der Waals surface area contributed by atoms with Crippen LogP contribution in [-0.4, -0.2) is 0 Å². The molecule has 10 heterocycles. The normalized spacial score (nSPS) is 142. The van der Waals surface area contributed by atoms with Crippen molar-refractivity contribution in [1.29, 1.82) is 0 Å². The van der Waals surface area contributed by atoms with Crippen molar-refractivity contribution < 1.29 is 6.23 Å². The van der Waals surface area contributed by atoms with Crippen LogP contribution in [-0.2, 0) is 6.23 Å². The molecular weight excluding hydrogens is 215 g/mol. The SMILES string of the molecule is CCC[C]12[CH]3[CH]4[CH]5[CH]1[Ni]45321678[CH]2[CH]1[CH]6[CH]7[CH]28. The summed E-state index contributed by atoms with van der Waals surface area (Å²) in [4.78, 5) is 14.0. The van der Waals surface area contributed by atoms with E-state index in [-0.39, 0.29) is 0 Å². The van der Waals surface area contributed by atoms with Crippen LogP contribution in [0.4, 0.5) is 0 Å². The van der Waals surface area contributed by atoms with Crippen LogP contribution in [0.1, 0.15) is 19.8 Å². The first-order chi connectivity index (χ1) is 6.61. The van der Waals surface area contributed by atoms with Crippen molar-refractivity contribution >= 4 is 0 Å². The summed E-state index contributed by atoms with van der Waals surface area (Å²) in [6.07, 6.45) is 0.934. The van der Waals surface area contributed by atoms with Crippen LogP contribution in [0.25, 0.3) is 0 Å². The summed E-state index contributed by atoms with van der Waals surface area (Å²) in [5.74, 6) is 0. The molecule has 10 aliphatic heterocycles. The first-order valence-electron chi connectivity index (χ1n) is 6.61. The van der Waals surface area contributed by atoms with Crippen LogP contribution in [0.3, 0.4) is 0 Å². The van der Waals surface area contributed by atoms with Crippen molar-refractivity contribution in [2.45, 2.75) is 68.1 Å². The fraction of sp³-hybridized carbons (Fsp3) is 1.00. The van der Waals surface area contributed by atoms with Gasteiger partial charge in [-0.2, -0.15) is 0 Å². The van der Waals surface area contributed by atoms with E-state index >= 15 is 0 Å². The number of hydrogen-bond acceptors (Lipinski definition) is 0. The predicted molar refractivity (Wildman–Crippen MR) is 51.4 cm³/mol. The molecule has 1 spiro atoms. The van der Waals surface area contributed by atoms with Crippen molar-refractivity contribution in [3.05, 3.63) is 0 Å². The van der Waals surface area contributed by atoms with E-state index < -0.39 is 6.23 Å². The van der Waals surface area contributed by atoms with Crippen LogP contribution in [0.2, 0.25) is 48.4 Å². The Kier molecular flexibility index (Phi) is 0.111. The molecule has 0 aliphatic carbocycles. The molecule has 0 N–H and O–H groups in total. The molecule has 10 saturated heterocycles. The van der Waals surface area contributed by atoms with Gasteiger partial charge in [0.1, 0.15) is 0 Å². The summed E-state index contributed by atoms with van der Waals surface area (Å²) in [6, 6.07) is 0. The van der Waals surface area contributed by atoms with Crippen molar-refractivity contribution in [2.24, 2.45) is 0 Å². The molecule has 0 radical (unpaired) electrons. The molecule has 4 atom stereocenters. The van der Waals surface area contributed by atoms with E-state index in [9.17, 15) is 0 Å². The average molecular weight is 231 g/mol. The third kappa shape index (κ3) is 0.0349. The van der Waals surface area contributed by atoms with E-state index in [1.54, 1.807) is 56.8 Å². The molecule has 1 heteroatoms. The fourth-order valence-corrected chi connectivity index (χ4v) is 80.5. The van der Waals surface area contributed by atoms with Gasteiger partial charge in [-0.05, 0) is 0 Å². The van der Waals surface area contributed by atoms with Gasteiger partial charge in [-0.1, -0.05) is 0 Å². The molecule has 0 saturated carbocycles. The summed E-state index contributed by atoms with van der Waals surface area (Å²) < 4.78 is 1.23. The number of fused-ring (bicyclic) bond motifs is 10. The third-order valence-corrected chi connectivity index (χ3v) is 52.7. The van der Waals surface area contributed by atoms with Gasteiger partial charge in [-0.15, -0.1) is 0 Å². The molecule has 10 fully saturated rings. The van der Waals surface area contributed by atoms with Gasteiger partial charge in [0.05, 0.1) is 0 Å². The first-order valence-corrected chi connectivity index (χ1v) is 12.2. The van der Waals surface area contributed by atoms with Crippen molar-refractivity contribution in [2.75, 3.05) is 0 Å². The van der Waals surface area contributed by atoms with Crippen LogP contribution in [0.5, 0.6) is 0 Å². The zero-order valence-electron chi connectivity index (χ0n) is 8.43.